The van der Waals surface area contributed by atoms with E-state index in [1.54, 1.807) is 24.0 Å². The van der Waals surface area contributed by atoms with E-state index in [9.17, 15) is 13.2 Å². The lowest BCUT2D eigenvalue weighted by Gasteiger charge is -2.27. The molecule has 5 nitrogen and oxygen atoms in total. The predicted molar refractivity (Wildman–Crippen MR) is 111 cm³/mol. The standard InChI is InChI=1S/C22H26N2O3S/c1-17-8-9-18(2)21(16-17)28(26,27)23-13-10-22(25)24-14-11-20(12-15-24)19-6-4-3-5-7-19/h3-9,11,16,23H,10,12-15H2,1-2H3. The molecule has 1 heterocycles. The molecule has 28 heavy (non-hydrogen) atoms. The molecule has 2 aromatic rings. The highest BCUT2D eigenvalue weighted by Gasteiger charge is 2.20. The van der Waals surface area contributed by atoms with Crippen LogP contribution in [0.3, 0.4) is 0 Å². The smallest absolute Gasteiger partial charge is 0.240 e. The number of hydrogen-bond donors (Lipinski definition) is 1. The lowest BCUT2D eigenvalue weighted by atomic mass is 9.99. The van der Waals surface area contributed by atoms with Crippen molar-refractivity contribution in [3.63, 3.8) is 0 Å². The van der Waals surface area contributed by atoms with Crippen LogP contribution in [0.2, 0.25) is 0 Å². The van der Waals surface area contributed by atoms with Gasteiger partial charge in [-0.05, 0) is 48.6 Å². The van der Waals surface area contributed by atoms with Gasteiger partial charge in [0.15, 0.2) is 0 Å². The van der Waals surface area contributed by atoms with Crippen LogP contribution in [-0.2, 0) is 14.8 Å². The minimum absolute atomic E-state index is 0.0352. The van der Waals surface area contributed by atoms with Crippen LogP contribution in [0.5, 0.6) is 0 Å². The number of hydrogen-bond acceptors (Lipinski definition) is 3. The van der Waals surface area contributed by atoms with Gasteiger partial charge in [0.2, 0.25) is 15.9 Å². The summed E-state index contributed by atoms with van der Waals surface area (Å²) in [6, 6.07) is 15.5. The highest BCUT2D eigenvalue weighted by atomic mass is 32.2. The molecule has 0 unspecified atom stereocenters. The summed E-state index contributed by atoms with van der Waals surface area (Å²) in [5.74, 6) is -0.0352. The Morgan fingerprint density at radius 1 is 1.11 bits per heavy atom. The number of amides is 1. The fourth-order valence-corrected chi connectivity index (χ4v) is 4.69. The minimum Gasteiger partial charge on any atom is -0.339 e. The van der Waals surface area contributed by atoms with Crippen LogP contribution < -0.4 is 4.72 Å². The molecular weight excluding hydrogens is 372 g/mol. The van der Waals surface area contributed by atoms with Crippen molar-refractivity contribution in [3.05, 3.63) is 71.3 Å². The summed E-state index contributed by atoms with van der Waals surface area (Å²) in [6.07, 6.45) is 3.04. The Morgan fingerprint density at radius 2 is 1.86 bits per heavy atom. The highest BCUT2D eigenvalue weighted by Crippen LogP contribution is 2.22. The molecule has 0 fully saturated rings. The molecule has 1 aliphatic heterocycles. The molecular formula is C22H26N2O3S. The van der Waals surface area contributed by atoms with Crippen LogP contribution in [0.25, 0.3) is 5.57 Å². The van der Waals surface area contributed by atoms with Crippen LogP contribution in [0.15, 0.2) is 59.5 Å². The molecule has 6 heteroatoms. The van der Waals surface area contributed by atoms with E-state index in [-0.39, 0.29) is 23.8 Å². The fourth-order valence-electron chi connectivity index (χ4n) is 3.34. The Balaban J connectivity index is 1.54. The molecule has 148 valence electrons. The number of benzene rings is 2. The first-order chi connectivity index (χ1) is 13.4. The molecule has 0 aromatic heterocycles. The molecule has 0 saturated carbocycles. The lowest BCUT2D eigenvalue weighted by molar-refractivity contribution is -0.130. The van der Waals surface area contributed by atoms with Gasteiger partial charge >= 0.3 is 0 Å². The Bertz CT molecular complexity index is 982. The van der Waals surface area contributed by atoms with Crippen LogP contribution in [0, 0.1) is 13.8 Å². The van der Waals surface area contributed by atoms with Gasteiger partial charge in [-0.25, -0.2) is 13.1 Å². The van der Waals surface area contributed by atoms with Gasteiger partial charge in [0.05, 0.1) is 4.90 Å². The normalized spacial score (nSPS) is 14.6. The zero-order valence-corrected chi connectivity index (χ0v) is 17.1. The third-order valence-electron chi connectivity index (χ3n) is 4.97. The molecule has 0 radical (unpaired) electrons. The van der Waals surface area contributed by atoms with Crippen molar-refractivity contribution in [2.75, 3.05) is 19.6 Å². The van der Waals surface area contributed by atoms with Crippen molar-refractivity contribution >= 4 is 21.5 Å². The maximum atomic E-state index is 12.5. The Hall–Kier alpha value is -2.44. The largest absolute Gasteiger partial charge is 0.339 e. The molecule has 3 rings (SSSR count). The van der Waals surface area contributed by atoms with Crippen LogP contribution in [-0.4, -0.2) is 38.9 Å². The molecule has 2 aromatic carbocycles. The zero-order valence-electron chi connectivity index (χ0n) is 16.3. The second-order valence-electron chi connectivity index (χ2n) is 7.10. The number of nitrogens with one attached hydrogen (secondary N) is 1. The van der Waals surface area contributed by atoms with E-state index in [0.717, 1.165) is 12.0 Å². The second kappa shape index (κ2) is 8.71. The first-order valence-electron chi connectivity index (χ1n) is 9.46. The van der Waals surface area contributed by atoms with Crippen molar-refractivity contribution in [3.8, 4) is 0 Å². The Kier molecular flexibility index (Phi) is 6.31. The van der Waals surface area contributed by atoms with Crippen LogP contribution in [0.1, 0.15) is 29.5 Å². The van der Waals surface area contributed by atoms with Crippen molar-refractivity contribution in [2.45, 2.75) is 31.6 Å². The van der Waals surface area contributed by atoms with Crippen molar-refractivity contribution in [1.29, 1.82) is 0 Å². The number of aryl methyl sites for hydroxylation is 2. The number of sulfonamides is 1. The molecule has 0 saturated heterocycles. The fraction of sp³-hybridized carbons (Fsp3) is 0.318. The summed E-state index contributed by atoms with van der Waals surface area (Å²) in [4.78, 5) is 14.5. The zero-order chi connectivity index (χ0) is 20.1. The number of rotatable bonds is 6. The van der Waals surface area contributed by atoms with Gasteiger partial charge in [0.1, 0.15) is 0 Å². The van der Waals surface area contributed by atoms with Gasteiger partial charge in [-0.1, -0.05) is 48.5 Å². The predicted octanol–water partition coefficient (Wildman–Crippen LogP) is 3.29. The quantitative estimate of drug-likeness (QED) is 0.812. The Morgan fingerprint density at radius 3 is 2.54 bits per heavy atom. The summed E-state index contributed by atoms with van der Waals surface area (Å²) in [6.45, 7) is 4.94. The molecule has 0 bridgehead atoms. The van der Waals surface area contributed by atoms with Crippen LogP contribution >= 0.6 is 0 Å². The maximum Gasteiger partial charge on any atom is 0.240 e. The van der Waals surface area contributed by atoms with Gasteiger partial charge in [-0.15, -0.1) is 0 Å². The molecule has 1 N–H and O–H groups in total. The summed E-state index contributed by atoms with van der Waals surface area (Å²) >= 11 is 0. The number of carbonyl (C=O) groups excluding carboxylic acids is 1. The van der Waals surface area contributed by atoms with E-state index in [1.807, 2.05) is 31.2 Å². The molecule has 1 amide bonds. The summed E-state index contributed by atoms with van der Waals surface area (Å²) in [5.41, 5.74) is 4.02. The summed E-state index contributed by atoms with van der Waals surface area (Å²) < 4.78 is 27.6. The average Bonchev–Trinajstić information content (AvgIpc) is 2.70. The minimum atomic E-state index is -3.62. The lowest BCUT2D eigenvalue weighted by Crippen LogP contribution is -2.37. The first kappa shape index (κ1) is 20.3. The van der Waals surface area contributed by atoms with E-state index in [2.05, 4.69) is 22.9 Å². The monoisotopic (exact) mass is 398 g/mol. The van der Waals surface area contributed by atoms with Crippen LogP contribution in [0.4, 0.5) is 0 Å². The van der Waals surface area contributed by atoms with Crippen molar-refractivity contribution in [1.82, 2.24) is 9.62 Å². The second-order valence-corrected chi connectivity index (χ2v) is 8.84. The van der Waals surface area contributed by atoms with E-state index in [4.69, 9.17) is 0 Å². The number of nitrogens with zero attached hydrogens (tertiary/aromatic N) is 1. The van der Waals surface area contributed by atoms with Crippen molar-refractivity contribution < 1.29 is 13.2 Å². The van der Waals surface area contributed by atoms with Gasteiger partial charge in [0, 0.05) is 26.1 Å². The van der Waals surface area contributed by atoms with Gasteiger partial charge < -0.3 is 4.90 Å². The molecule has 0 spiro atoms. The van der Waals surface area contributed by atoms with Gasteiger partial charge in [-0.3, -0.25) is 4.79 Å². The van der Waals surface area contributed by atoms with Gasteiger partial charge in [0.25, 0.3) is 0 Å². The highest BCUT2D eigenvalue weighted by molar-refractivity contribution is 7.89. The summed E-state index contributed by atoms with van der Waals surface area (Å²) in [7, 11) is -3.62. The third kappa shape index (κ3) is 4.88. The molecule has 0 aliphatic carbocycles. The third-order valence-corrected chi connectivity index (χ3v) is 6.57. The average molecular weight is 399 g/mol. The van der Waals surface area contributed by atoms with E-state index in [0.29, 0.717) is 18.7 Å². The first-order valence-corrected chi connectivity index (χ1v) is 10.9. The molecule has 0 atom stereocenters. The summed E-state index contributed by atoms with van der Waals surface area (Å²) in [5, 5.41) is 0. The maximum absolute atomic E-state index is 12.5. The molecule has 1 aliphatic rings. The van der Waals surface area contributed by atoms with E-state index < -0.39 is 10.0 Å². The van der Waals surface area contributed by atoms with Gasteiger partial charge in [-0.2, -0.15) is 0 Å². The number of carbonyl (C=O) groups is 1. The van der Waals surface area contributed by atoms with Crippen molar-refractivity contribution in [2.24, 2.45) is 0 Å². The van der Waals surface area contributed by atoms with E-state index >= 15 is 0 Å². The van der Waals surface area contributed by atoms with E-state index in [1.165, 1.54) is 11.1 Å². The SMILES string of the molecule is Cc1ccc(C)c(S(=O)(=O)NCCC(=O)N2CC=C(c3ccccc3)CC2)c1. The Labute approximate surface area is 167 Å². The topological polar surface area (TPSA) is 66.5 Å².